The monoisotopic (exact) mass is 190 g/mol. The largest absolute Gasteiger partial charge is 0.399 e. The molecule has 0 saturated carbocycles. The van der Waals surface area contributed by atoms with Crippen LogP contribution in [0.15, 0.2) is 18.2 Å². The van der Waals surface area contributed by atoms with Crippen LogP contribution in [0, 0.1) is 5.92 Å². The van der Waals surface area contributed by atoms with E-state index in [0.717, 1.165) is 5.56 Å². The maximum Gasteiger partial charge on any atom is 0.228 e. The molecule has 0 bridgehead atoms. The summed E-state index contributed by atoms with van der Waals surface area (Å²) < 4.78 is 0. The van der Waals surface area contributed by atoms with Crippen LogP contribution in [0.3, 0.4) is 0 Å². The number of Topliss-reactive ketones (excluding diaryl/α,β-unsaturated/α-hetero) is 1. The maximum absolute atomic E-state index is 11.6. The molecule has 1 aliphatic carbocycles. The molecule has 1 aromatic rings. The van der Waals surface area contributed by atoms with Gasteiger partial charge in [0.05, 0.1) is 0 Å². The van der Waals surface area contributed by atoms with Crippen molar-refractivity contribution in [1.82, 2.24) is 0 Å². The molecule has 4 nitrogen and oxygen atoms in total. The highest BCUT2D eigenvalue weighted by molar-refractivity contribution is 6.13. The first kappa shape index (κ1) is 8.74. The average Bonchev–Trinajstić information content (AvgIpc) is 2.43. The van der Waals surface area contributed by atoms with E-state index in [1.807, 2.05) is 0 Å². The molecule has 0 aliphatic heterocycles. The number of rotatable bonds is 1. The van der Waals surface area contributed by atoms with Crippen molar-refractivity contribution in [3.05, 3.63) is 29.3 Å². The summed E-state index contributed by atoms with van der Waals surface area (Å²) in [5.74, 6) is -1.45. The van der Waals surface area contributed by atoms with Crippen molar-refractivity contribution in [3.63, 3.8) is 0 Å². The second-order valence-electron chi connectivity index (χ2n) is 3.44. The van der Waals surface area contributed by atoms with Crippen LogP contribution in [0.4, 0.5) is 5.69 Å². The lowest BCUT2D eigenvalue weighted by Gasteiger charge is -1.99. The Bertz CT molecular complexity index is 426. The summed E-state index contributed by atoms with van der Waals surface area (Å²) in [7, 11) is 0. The molecule has 0 fully saturated rings. The molecule has 1 amide bonds. The first-order valence-electron chi connectivity index (χ1n) is 4.31. The summed E-state index contributed by atoms with van der Waals surface area (Å²) in [5.41, 5.74) is 12.7. The Morgan fingerprint density at radius 1 is 1.43 bits per heavy atom. The van der Waals surface area contributed by atoms with Gasteiger partial charge in [-0.2, -0.15) is 0 Å². The molecule has 72 valence electrons. The van der Waals surface area contributed by atoms with Gasteiger partial charge in [0.25, 0.3) is 0 Å². The van der Waals surface area contributed by atoms with Crippen molar-refractivity contribution >= 4 is 17.4 Å². The zero-order valence-corrected chi connectivity index (χ0v) is 7.49. The second-order valence-corrected chi connectivity index (χ2v) is 3.44. The summed E-state index contributed by atoms with van der Waals surface area (Å²) in [6, 6.07) is 5.02. The lowest BCUT2D eigenvalue weighted by Crippen LogP contribution is -2.27. The third-order valence-electron chi connectivity index (χ3n) is 2.48. The van der Waals surface area contributed by atoms with Gasteiger partial charge in [0.2, 0.25) is 5.91 Å². The summed E-state index contributed by atoms with van der Waals surface area (Å²) in [4.78, 5) is 22.5. The molecule has 1 aliphatic rings. The molecule has 4 N–H and O–H groups in total. The van der Waals surface area contributed by atoms with E-state index in [4.69, 9.17) is 11.5 Å². The van der Waals surface area contributed by atoms with Crippen molar-refractivity contribution in [2.45, 2.75) is 6.42 Å². The minimum absolute atomic E-state index is 0.187. The van der Waals surface area contributed by atoms with Gasteiger partial charge in [0.1, 0.15) is 5.92 Å². The van der Waals surface area contributed by atoms with Crippen LogP contribution in [0.1, 0.15) is 15.9 Å². The predicted molar refractivity (Wildman–Crippen MR) is 51.6 cm³/mol. The fourth-order valence-corrected chi connectivity index (χ4v) is 1.75. The molecule has 1 atom stereocenters. The number of hydrogen-bond acceptors (Lipinski definition) is 3. The molecule has 0 aromatic heterocycles. The smallest absolute Gasteiger partial charge is 0.228 e. The Kier molecular flexibility index (Phi) is 1.77. The molecule has 0 saturated heterocycles. The van der Waals surface area contributed by atoms with E-state index in [1.54, 1.807) is 18.2 Å². The van der Waals surface area contributed by atoms with E-state index >= 15 is 0 Å². The molecular formula is C10H10N2O2. The molecule has 0 heterocycles. The highest BCUT2D eigenvalue weighted by Crippen LogP contribution is 2.27. The molecule has 0 spiro atoms. The van der Waals surface area contributed by atoms with Gasteiger partial charge in [-0.25, -0.2) is 0 Å². The van der Waals surface area contributed by atoms with Crippen LogP contribution >= 0.6 is 0 Å². The van der Waals surface area contributed by atoms with Crippen molar-refractivity contribution in [3.8, 4) is 0 Å². The fourth-order valence-electron chi connectivity index (χ4n) is 1.75. The Balaban J connectivity index is 2.45. The molecule has 0 radical (unpaired) electrons. The summed E-state index contributed by atoms with van der Waals surface area (Å²) in [5, 5.41) is 0. The number of amides is 1. The normalized spacial score (nSPS) is 19.4. The topological polar surface area (TPSA) is 86.2 Å². The van der Waals surface area contributed by atoms with E-state index in [9.17, 15) is 9.59 Å². The molecule has 14 heavy (non-hydrogen) atoms. The quantitative estimate of drug-likeness (QED) is 0.486. The Morgan fingerprint density at radius 3 is 2.79 bits per heavy atom. The minimum atomic E-state index is -0.702. The number of nitrogens with two attached hydrogens (primary N) is 2. The van der Waals surface area contributed by atoms with Gasteiger partial charge in [-0.15, -0.1) is 0 Å². The number of fused-ring (bicyclic) bond motifs is 1. The number of hydrogen-bond donors (Lipinski definition) is 2. The van der Waals surface area contributed by atoms with E-state index in [0.29, 0.717) is 17.7 Å². The lowest BCUT2D eigenvalue weighted by molar-refractivity contribution is -0.120. The Hall–Kier alpha value is -1.84. The highest BCUT2D eigenvalue weighted by atomic mass is 16.2. The SMILES string of the molecule is NC(=O)C1Cc2cc(N)ccc2C1=O. The van der Waals surface area contributed by atoms with Gasteiger partial charge < -0.3 is 11.5 Å². The number of nitrogen functional groups attached to an aromatic ring is 1. The molecule has 1 aromatic carbocycles. The molecular weight excluding hydrogens is 180 g/mol. The predicted octanol–water partition coefficient (Wildman–Crippen LogP) is 0.109. The number of benzene rings is 1. The summed E-state index contributed by atoms with van der Waals surface area (Å²) in [6.45, 7) is 0. The minimum Gasteiger partial charge on any atom is -0.399 e. The van der Waals surface area contributed by atoms with Crippen LogP contribution in [-0.2, 0) is 11.2 Å². The first-order valence-corrected chi connectivity index (χ1v) is 4.31. The van der Waals surface area contributed by atoms with Crippen molar-refractivity contribution in [1.29, 1.82) is 0 Å². The number of carbonyl (C=O) groups is 2. The van der Waals surface area contributed by atoms with Crippen molar-refractivity contribution < 1.29 is 9.59 Å². The Morgan fingerprint density at radius 2 is 2.14 bits per heavy atom. The lowest BCUT2D eigenvalue weighted by atomic mass is 10.1. The van der Waals surface area contributed by atoms with Crippen LogP contribution < -0.4 is 11.5 Å². The fraction of sp³-hybridized carbons (Fsp3) is 0.200. The second kappa shape index (κ2) is 2.83. The van der Waals surface area contributed by atoms with Crippen LogP contribution in [0.5, 0.6) is 0 Å². The molecule has 1 unspecified atom stereocenters. The maximum atomic E-state index is 11.6. The summed E-state index contributed by atoms with van der Waals surface area (Å²) in [6.07, 6.45) is 0.383. The standard InChI is InChI=1S/C10H10N2O2/c11-6-1-2-7-5(3-6)4-8(9(7)13)10(12)14/h1-3,8H,4,11H2,(H2,12,14). The van der Waals surface area contributed by atoms with E-state index < -0.39 is 11.8 Å². The summed E-state index contributed by atoms with van der Waals surface area (Å²) >= 11 is 0. The van der Waals surface area contributed by atoms with Crippen molar-refractivity contribution in [2.24, 2.45) is 11.7 Å². The van der Waals surface area contributed by atoms with Gasteiger partial charge in [-0.1, -0.05) is 0 Å². The van der Waals surface area contributed by atoms with E-state index in [1.165, 1.54) is 0 Å². The number of primary amides is 1. The van der Waals surface area contributed by atoms with Gasteiger partial charge in [0, 0.05) is 11.3 Å². The highest BCUT2D eigenvalue weighted by Gasteiger charge is 2.34. The zero-order chi connectivity index (χ0) is 10.3. The van der Waals surface area contributed by atoms with Gasteiger partial charge in [0.15, 0.2) is 5.78 Å². The average molecular weight is 190 g/mol. The van der Waals surface area contributed by atoms with Crippen LogP contribution in [0.2, 0.25) is 0 Å². The van der Waals surface area contributed by atoms with Gasteiger partial charge in [-0.05, 0) is 30.2 Å². The number of anilines is 1. The van der Waals surface area contributed by atoms with E-state index in [2.05, 4.69) is 0 Å². The number of carbonyl (C=O) groups excluding carboxylic acids is 2. The van der Waals surface area contributed by atoms with Crippen LogP contribution in [-0.4, -0.2) is 11.7 Å². The first-order chi connectivity index (χ1) is 6.59. The molecule has 4 heteroatoms. The Labute approximate surface area is 80.9 Å². The van der Waals surface area contributed by atoms with Gasteiger partial charge in [-0.3, -0.25) is 9.59 Å². The van der Waals surface area contributed by atoms with E-state index in [-0.39, 0.29) is 5.78 Å². The van der Waals surface area contributed by atoms with Crippen LogP contribution in [0.25, 0.3) is 0 Å². The van der Waals surface area contributed by atoms with Gasteiger partial charge >= 0.3 is 0 Å². The zero-order valence-electron chi connectivity index (χ0n) is 7.49. The third-order valence-corrected chi connectivity index (χ3v) is 2.48. The van der Waals surface area contributed by atoms with Crippen molar-refractivity contribution in [2.75, 3.05) is 5.73 Å². The third kappa shape index (κ3) is 1.16. The molecule has 2 rings (SSSR count). The number of ketones is 1.